The lowest BCUT2D eigenvalue weighted by atomic mass is 9.95. The van der Waals surface area contributed by atoms with Crippen molar-refractivity contribution in [2.45, 2.75) is 6.54 Å². The van der Waals surface area contributed by atoms with Crippen molar-refractivity contribution >= 4 is 22.9 Å². The van der Waals surface area contributed by atoms with E-state index in [1.54, 1.807) is 6.07 Å². The van der Waals surface area contributed by atoms with Crippen molar-refractivity contribution in [2.75, 3.05) is 7.05 Å². The first kappa shape index (κ1) is 18.1. The molecule has 0 atom stereocenters. The number of hydrogen-bond acceptors (Lipinski definition) is 4. The molecular formula is C20H15ClFN3O3. The smallest absolute Gasteiger partial charge is 0.270 e. The molecule has 0 saturated carbocycles. The van der Waals surface area contributed by atoms with Gasteiger partial charge < -0.3 is 14.6 Å². The number of ether oxygens (including phenoxy) is 1. The maximum atomic E-state index is 13.8. The van der Waals surface area contributed by atoms with E-state index >= 15 is 0 Å². The van der Waals surface area contributed by atoms with E-state index < -0.39 is 10.7 Å². The number of nitro groups is 1. The van der Waals surface area contributed by atoms with Crippen LogP contribution in [0.15, 0.2) is 54.9 Å². The molecule has 3 aromatic rings. The number of H-pyrrole nitrogens is 1. The van der Waals surface area contributed by atoms with Gasteiger partial charge in [-0.3, -0.25) is 10.1 Å². The third-order valence-electron chi connectivity index (χ3n) is 4.46. The van der Waals surface area contributed by atoms with Crippen LogP contribution in [0.3, 0.4) is 0 Å². The monoisotopic (exact) mass is 399 g/mol. The van der Waals surface area contributed by atoms with Crippen LogP contribution in [0.5, 0.6) is 11.5 Å². The van der Waals surface area contributed by atoms with Crippen molar-refractivity contribution in [3.63, 3.8) is 0 Å². The number of nitrogens with one attached hydrogen (secondary N) is 1. The summed E-state index contributed by atoms with van der Waals surface area (Å²) in [5.41, 5.74) is 3.19. The van der Waals surface area contributed by atoms with Crippen molar-refractivity contribution in [3.05, 3.63) is 92.6 Å². The predicted molar refractivity (Wildman–Crippen MR) is 104 cm³/mol. The SMILES string of the molecule is CN1C=C(c2cc([N+](=O)[O-])ccc2Oc2ccc(Cl)c(F)c2)c2cc[nH]c2C1. The van der Waals surface area contributed by atoms with E-state index in [4.69, 9.17) is 16.3 Å². The number of hydrogen-bond donors (Lipinski definition) is 1. The molecule has 1 aliphatic rings. The summed E-state index contributed by atoms with van der Waals surface area (Å²) in [7, 11) is 1.91. The third-order valence-corrected chi connectivity index (χ3v) is 4.77. The number of fused-ring (bicyclic) bond motifs is 1. The van der Waals surface area contributed by atoms with Crippen molar-refractivity contribution in [1.82, 2.24) is 9.88 Å². The van der Waals surface area contributed by atoms with Gasteiger partial charge in [0.2, 0.25) is 0 Å². The van der Waals surface area contributed by atoms with Crippen LogP contribution in [0.1, 0.15) is 16.8 Å². The molecule has 0 fully saturated rings. The molecule has 1 aromatic heterocycles. The number of nitro benzene ring substituents is 1. The molecule has 0 aliphatic carbocycles. The minimum absolute atomic E-state index is 0.00940. The van der Waals surface area contributed by atoms with Crippen LogP contribution < -0.4 is 4.74 Å². The molecule has 1 N–H and O–H groups in total. The highest BCUT2D eigenvalue weighted by molar-refractivity contribution is 6.30. The molecule has 0 unspecified atom stereocenters. The van der Waals surface area contributed by atoms with Gasteiger partial charge in [0.1, 0.15) is 17.3 Å². The van der Waals surface area contributed by atoms with Crippen LogP contribution >= 0.6 is 11.6 Å². The fraction of sp³-hybridized carbons (Fsp3) is 0.100. The number of rotatable bonds is 4. The number of aromatic nitrogens is 1. The number of nitrogens with zero attached hydrogens (tertiary/aromatic N) is 2. The Bertz CT molecular complexity index is 1110. The minimum atomic E-state index is -0.604. The van der Waals surface area contributed by atoms with Crippen LogP contribution in [0, 0.1) is 15.9 Å². The molecule has 0 saturated heterocycles. The highest BCUT2D eigenvalue weighted by atomic mass is 35.5. The van der Waals surface area contributed by atoms with Crippen LogP contribution in [0.25, 0.3) is 5.57 Å². The summed E-state index contributed by atoms with van der Waals surface area (Å²) in [6.45, 7) is 0.694. The van der Waals surface area contributed by atoms with E-state index in [2.05, 4.69) is 4.98 Å². The zero-order chi connectivity index (χ0) is 19.8. The molecule has 0 amide bonds. The standard InChI is InChI=1S/C20H15ClFN3O3/c1-24-10-16(14-6-7-23-19(14)11-24)15-8-12(25(26)27)2-5-20(15)28-13-3-4-17(21)18(22)9-13/h2-10,23H,11H2,1H3. The molecular weight excluding hydrogens is 385 g/mol. The molecule has 0 spiro atoms. The Kier molecular flexibility index (Phi) is 4.52. The Labute approximate surface area is 165 Å². The molecule has 6 nitrogen and oxygen atoms in total. The zero-order valence-electron chi connectivity index (χ0n) is 14.8. The summed E-state index contributed by atoms with van der Waals surface area (Å²) in [6.07, 6.45) is 3.73. The highest BCUT2D eigenvalue weighted by Crippen LogP contribution is 2.39. The van der Waals surface area contributed by atoms with Crippen LogP contribution in [-0.2, 0) is 6.54 Å². The second-order valence-corrected chi connectivity index (χ2v) is 6.85. The van der Waals surface area contributed by atoms with Gasteiger partial charge in [-0.05, 0) is 24.3 Å². The zero-order valence-corrected chi connectivity index (χ0v) is 15.5. The second kappa shape index (κ2) is 7.01. The Morgan fingerprint density at radius 2 is 2.04 bits per heavy atom. The van der Waals surface area contributed by atoms with Crippen molar-refractivity contribution in [3.8, 4) is 11.5 Å². The molecule has 2 heterocycles. The quantitative estimate of drug-likeness (QED) is 0.474. The van der Waals surface area contributed by atoms with Crippen molar-refractivity contribution in [2.24, 2.45) is 0 Å². The molecule has 8 heteroatoms. The van der Waals surface area contributed by atoms with Crippen molar-refractivity contribution in [1.29, 1.82) is 0 Å². The topological polar surface area (TPSA) is 71.4 Å². The molecule has 28 heavy (non-hydrogen) atoms. The van der Waals surface area contributed by atoms with Gasteiger partial charge in [-0.2, -0.15) is 0 Å². The first-order chi connectivity index (χ1) is 13.4. The molecule has 1 aliphatic heterocycles. The molecule has 4 rings (SSSR count). The van der Waals surface area contributed by atoms with Crippen LogP contribution in [0.2, 0.25) is 5.02 Å². The fourth-order valence-electron chi connectivity index (χ4n) is 3.19. The van der Waals surface area contributed by atoms with Gasteiger partial charge in [-0.15, -0.1) is 0 Å². The van der Waals surface area contributed by atoms with E-state index in [1.165, 1.54) is 30.3 Å². The lowest BCUT2D eigenvalue weighted by molar-refractivity contribution is -0.384. The normalized spacial score (nSPS) is 13.1. The maximum Gasteiger partial charge on any atom is 0.270 e. The van der Waals surface area contributed by atoms with Gasteiger partial charge in [0.25, 0.3) is 5.69 Å². The van der Waals surface area contributed by atoms with Gasteiger partial charge in [0.15, 0.2) is 0 Å². The molecule has 0 radical (unpaired) electrons. The Morgan fingerprint density at radius 1 is 1.21 bits per heavy atom. The Balaban J connectivity index is 1.84. The first-order valence-electron chi connectivity index (χ1n) is 8.43. The number of non-ortho nitro benzene ring substituents is 1. The average molecular weight is 400 g/mol. The minimum Gasteiger partial charge on any atom is -0.457 e. The summed E-state index contributed by atoms with van der Waals surface area (Å²) in [5.74, 6) is 0.0178. The molecule has 2 aromatic carbocycles. The van der Waals surface area contributed by atoms with Crippen molar-refractivity contribution < 1.29 is 14.1 Å². The van der Waals surface area contributed by atoms with Gasteiger partial charge >= 0.3 is 0 Å². The third kappa shape index (κ3) is 3.32. The molecule has 142 valence electrons. The summed E-state index contributed by atoms with van der Waals surface area (Å²) >= 11 is 5.73. The fourth-order valence-corrected chi connectivity index (χ4v) is 3.30. The summed E-state index contributed by atoms with van der Waals surface area (Å²) in [5, 5.41) is 11.3. The number of halogens is 2. The lowest BCUT2D eigenvalue weighted by Gasteiger charge is -2.24. The maximum absolute atomic E-state index is 13.8. The number of aromatic amines is 1. The average Bonchev–Trinajstić information content (AvgIpc) is 3.12. The summed E-state index contributed by atoms with van der Waals surface area (Å²) in [4.78, 5) is 16.0. The Morgan fingerprint density at radius 3 is 2.79 bits per heavy atom. The summed E-state index contributed by atoms with van der Waals surface area (Å²) in [6, 6.07) is 10.4. The lowest BCUT2D eigenvalue weighted by Crippen LogP contribution is -2.17. The van der Waals surface area contributed by atoms with Gasteiger partial charge in [-0.25, -0.2) is 4.39 Å². The van der Waals surface area contributed by atoms with E-state index in [1.807, 2.05) is 30.4 Å². The highest BCUT2D eigenvalue weighted by Gasteiger charge is 2.23. The second-order valence-electron chi connectivity index (χ2n) is 6.44. The van der Waals surface area contributed by atoms with E-state index in [9.17, 15) is 14.5 Å². The van der Waals surface area contributed by atoms with Crippen LogP contribution in [0.4, 0.5) is 10.1 Å². The summed E-state index contributed by atoms with van der Waals surface area (Å²) < 4.78 is 19.7. The van der Waals surface area contributed by atoms with Gasteiger partial charge in [0.05, 0.1) is 16.5 Å². The van der Waals surface area contributed by atoms with Gasteiger partial charge in [-0.1, -0.05) is 11.6 Å². The van der Waals surface area contributed by atoms with E-state index in [0.29, 0.717) is 17.9 Å². The van der Waals surface area contributed by atoms with E-state index in [-0.39, 0.29) is 16.5 Å². The first-order valence-corrected chi connectivity index (χ1v) is 8.80. The van der Waals surface area contributed by atoms with E-state index in [0.717, 1.165) is 16.8 Å². The van der Waals surface area contributed by atoms with Crippen LogP contribution in [-0.4, -0.2) is 21.9 Å². The Hall–Kier alpha value is -3.32. The molecule has 0 bridgehead atoms. The largest absolute Gasteiger partial charge is 0.457 e. The predicted octanol–water partition coefficient (Wildman–Crippen LogP) is 5.34. The van der Waals surface area contributed by atoms with Gasteiger partial charge in [0, 0.05) is 60.0 Å². The number of benzene rings is 2.